The van der Waals surface area contributed by atoms with Crippen LogP contribution in [0, 0.1) is 0 Å². The van der Waals surface area contributed by atoms with Crippen molar-refractivity contribution in [3.8, 4) is 0 Å². The highest BCUT2D eigenvalue weighted by Crippen LogP contribution is 2.25. The summed E-state index contributed by atoms with van der Waals surface area (Å²) in [4.78, 5) is 16.7. The third-order valence-electron chi connectivity index (χ3n) is 2.65. The number of hydroxylamine groups is 2. The maximum absolute atomic E-state index is 11.8. The number of carbonyl (C=O) groups is 1. The molecule has 0 radical (unpaired) electrons. The minimum Gasteiger partial charge on any atom is -0.373 e. The Morgan fingerprint density at radius 1 is 1.53 bits per heavy atom. The Morgan fingerprint density at radius 2 is 2.27 bits per heavy atom. The first-order valence-corrected chi connectivity index (χ1v) is 4.88. The molecule has 1 aromatic carbocycles. The molecule has 0 aromatic heterocycles. The van der Waals surface area contributed by atoms with E-state index >= 15 is 0 Å². The van der Waals surface area contributed by atoms with Crippen LogP contribution in [0.1, 0.15) is 5.56 Å². The summed E-state index contributed by atoms with van der Waals surface area (Å²) < 4.78 is 0. The van der Waals surface area contributed by atoms with Crippen LogP contribution in [-0.4, -0.2) is 31.2 Å². The van der Waals surface area contributed by atoms with E-state index in [1.54, 1.807) is 7.05 Å². The number of anilines is 1. The molecule has 1 amide bonds. The van der Waals surface area contributed by atoms with Gasteiger partial charge in [-0.3, -0.25) is 9.63 Å². The SMILES string of the molecule is CON(C)C(=O)C1Cc2ccccc2N1. The molecule has 1 N–H and O–H groups in total. The number of likely N-dealkylation sites (N-methyl/N-ethyl adjacent to an activating group) is 1. The molecule has 0 aliphatic carbocycles. The molecule has 80 valence electrons. The summed E-state index contributed by atoms with van der Waals surface area (Å²) in [5, 5.41) is 4.43. The summed E-state index contributed by atoms with van der Waals surface area (Å²) >= 11 is 0. The van der Waals surface area contributed by atoms with Crippen molar-refractivity contribution in [1.29, 1.82) is 0 Å². The molecule has 4 nitrogen and oxygen atoms in total. The minimum absolute atomic E-state index is 0.0475. The number of nitrogens with one attached hydrogen (secondary N) is 1. The fourth-order valence-corrected chi connectivity index (χ4v) is 1.76. The lowest BCUT2D eigenvalue weighted by Crippen LogP contribution is -2.39. The zero-order chi connectivity index (χ0) is 10.8. The van der Waals surface area contributed by atoms with Crippen LogP contribution in [0.2, 0.25) is 0 Å². The molecule has 1 aromatic rings. The first-order valence-electron chi connectivity index (χ1n) is 4.88. The van der Waals surface area contributed by atoms with Crippen molar-refractivity contribution < 1.29 is 9.63 Å². The zero-order valence-corrected chi connectivity index (χ0v) is 8.86. The Bertz CT molecular complexity index is 354. The molecular formula is C11H14N2O2. The Kier molecular flexibility index (Phi) is 2.60. The number of hydrogen-bond acceptors (Lipinski definition) is 3. The van der Waals surface area contributed by atoms with E-state index in [9.17, 15) is 4.79 Å². The minimum atomic E-state index is -0.202. The summed E-state index contributed by atoms with van der Waals surface area (Å²) in [6.45, 7) is 0. The Morgan fingerprint density at radius 3 is 2.93 bits per heavy atom. The van der Waals surface area contributed by atoms with Crippen molar-refractivity contribution in [3.05, 3.63) is 29.8 Å². The summed E-state index contributed by atoms with van der Waals surface area (Å²) in [5.74, 6) is -0.0475. The lowest BCUT2D eigenvalue weighted by Gasteiger charge is -2.18. The number of carbonyl (C=O) groups excluding carboxylic acids is 1. The van der Waals surface area contributed by atoms with Crippen molar-refractivity contribution in [1.82, 2.24) is 5.06 Å². The summed E-state index contributed by atoms with van der Waals surface area (Å²) in [7, 11) is 3.10. The third kappa shape index (κ3) is 1.80. The highest BCUT2D eigenvalue weighted by molar-refractivity contribution is 5.86. The second kappa shape index (κ2) is 3.90. The molecule has 15 heavy (non-hydrogen) atoms. The van der Waals surface area contributed by atoms with Crippen LogP contribution in [0.25, 0.3) is 0 Å². The van der Waals surface area contributed by atoms with Crippen LogP contribution >= 0.6 is 0 Å². The van der Waals surface area contributed by atoms with E-state index in [0.717, 1.165) is 12.1 Å². The van der Waals surface area contributed by atoms with E-state index in [-0.39, 0.29) is 11.9 Å². The molecule has 2 rings (SSSR count). The highest BCUT2D eigenvalue weighted by atomic mass is 16.7. The first-order chi connectivity index (χ1) is 7.22. The molecule has 0 fully saturated rings. The van der Waals surface area contributed by atoms with Gasteiger partial charge in [-0.1, -0.05) is 18.2 Å². The topological polar surface area (TPSA) is 41.6 Å². The first kappa shape index (κ1) is 9.98. The molecule has 0 saturated carbocycles. The van der Waals surface area contributed by atoms with Gasteiger partial charge in [0.25, 0.3) is 5.91 Å². The molecule has 0 saturated heterocycles. The predicted octanol–water partition coefficient (Wildman–Crippen LogP) is 1.04. The van der Waals surface area contributed by atoms with Crippen molar-refractivity contribution in [2.75, 3.05) is 19.5 Å². The van der Waals surface area contributed by atoms with E-state index in [1.807, 2.05) is 24.3 Å². The average Bonchev–Trinajstić information content (AvgIpc) is 2.70. The average molecular weight is 206 g/mol. The molecule has 4 heteroatoms. The van der Waals surface area contributed by atoms with E-state index < -0.39 is 0 Å². The molecule has 1 aliphatic rings. The number of rotatable bonds is 2. The number of amides is 1. The quantitative estimate of drug-likeness (QED) is 0.735. The Labute approximate surface area is 88.8 Å². The second-order valence-corrected chi connectivity index (χ2v) is 3.58. The van der Waals surface area contributed by atoms with Crippen molar-refractivity contribution in [2.24, 2.45) is 0 Å². The second-order valence-electron chi connectivity index (χ2n) is 3.58. The van der Waals surface area contributed by atoms with Gasteiger partial charge in [-0.05, 0) is 11.6 Å². The number of hydrogen-bond donors (Lipinski definition) is 1. The predicted molar refractivity (Wildman–Crippen MR) is 57.3 cm³/mol. The molecule has 0 bridgehead atoms. The van der Waals surface area contributed by atoms with Gasteiger partial charge in [0.2, 0.25) is 0 Å². The van der Waals surface area contributed by atoms with Gasteiger partial charge < -0.3 is 5.32 Å². The molecule has 1 atom stereocenters. The van der Waals surface area contributed by atoms with Crippen LogP contribution in [0.5, 0.6) is 0 Å². The number of nitrogens with zero attached hydrogens (tertiary/aromatic N) is 1. The third-order valence-corrected chi connectivity index (χ3v) is 2.65. The fourth-order valence-electron chi connectivity index (χ4n) is 1.76. The largest absolute Gasteiger partial charge is 0.373 e. The molecule has 0 spiro atoms. The normalized spacial score (nSPS) is 18.1. The van der Waals surface area contributed by atoms with Gasteiger partial charge in [-0.2, -0.15) is 0 Å². The summed E-state index contributed by atoms with van der Waals surface area (Å²) in [6.07, 6.45) is 0.725. The van der Waals surface area contributed by atoms with Crippen molar-refractivity contribution >= 4 is 11.6 Å². The molecular weight excluding hydrogens is 192 g/mol. The highest BCUT2D eigenvalue weighted by Gasteiger charge is 2.28. The van der Waals surface area contributed by atoms with Gasteiger partial charge in [-0.15, -0.1) is 0 Å². The number of benzene rings is 1. The number of para-hydroxylation sites is 1. The van der Waals surface area contributed by atoms with Crippen LogP contribution in [0.15, 0.2) is 24.3 Å². The maximum Gasteiger partial charge on any atom is 0.268 e. The zero-order valence-electron chi connectivity index (χ0n) is 8.86. The van der Waals surface area contributed by atoms with Crippen LogP contribution in [-0.2, 0) is 16.1 Å². The fraction of sp³-hybridized carbons (Fsp3) is 0.364. The monoisotopic (exact) mass is 206 g/mol. The van der Waals surface area contributed by atoms with E-state index in [4.69, 9.17) is 4.84 Å². The maximum atomic E-state index is 11.8. The van der Waals surface area contributed by atoms with Gasteiger partial charge in [-0.25, -0.2) is 5.06 Å². The lowest BCUT2D eigenvalue weighted by atomic mass is 10.1. The van der Waals surface area contributed by atoms with Gasteiger partial charge >= 0.3 is 0 Å². The van der Waals surface area contributed by atoms with Gasteiger partial charge in [0.15, 0.2) is 0 Å². The number of fused-ring (bicyclic) bond motifs is 1. The van der Waals surface area contributed by atoms with E-state index in [0.29, 0.717) is 0 Å². The van der Waals surface area contributed by atoms with Gasteiger partial charge in [0.05, 0.1) is 7.11 Å². The van der Waals surface area contributed by atoms with Crippen LogP contribution in [0.3, 0.4) is 0 Å². The van der Waals surface area contributed by atoms with Crippen molar-refractivity contribution in [2.45, 2.75) is 12.5 Å². The summed E-state index contributed by atoms with van der Waals surface area (Å²) in [5.41, 5.74) is 2.22. The van der Waals surface area contributed by atoms with Crippen LogP contribution in [0.4, 0.5) is 5.69 Å². The molecule has 1 unspecified atom stereocenters. The smallest absolute Gasteiger partial charge is 0.268 e. The van der Waals surface area contributed by atoms with E-state index in [2.05, 4.69) is 5.32 Å². The molecule has 1 aliphatic heterocycles. The van der Waals surface area contributed by atoms with Gasteiger partial charge in [0.1, 0.15) is 6.04 Å². The molecule has 1 heterocycles. The Balaban J connectivity index is 2.10. The van der Waals surface area contributed by atoms with Crippen molar-refractivity contribution in [3.63, 3.8) is 0 Å². The summed E-state index contributed by atoms with van der Waals surface area (Å²) in [6, 6.07) is 7.75. The Hall–Kier alpha value is -1.55. The lowest BCUT2D eigenvalue weighted by molar-refractivity contribution is -0.169. The van der Waals surface area contributed by atoms with Gasteiger partial charge in [0, 0.05) is 19.2 Å². The van der Waals surface area contributed by atoms with Crippen LogP contribution < -0.4 is 5.32 Å². The standard InChI is InChI=1S/C11H14N2O2/c1-13(15-2)11(14)10-7-8-5-3-4-6-9(8)12-10/h3-6,10,12H,7H2,1-2H3. The van der Waals surface area contributed by atoms with E-state index in [1.165, 1.54) is 17.7 Å².